The van der Waals surface area contributed by atoms with Gasteiger partial charge in [-0.15, -0.1) is 0 Å². The number of rotatable bonds is 17. The Labute approximate surface area is 268 Å². The maximum atomic E-state index is 14.0. The number of carbonyl (C=O) groups is 2. The van der Waals surface area contributed by atoms with E-state index in [1.54, 1.807) is 26.2 Å². The van der Waals surface area contributed by atoms with E-state index in [1.165, 1.54) is 25.7 Å². The van der Waals surface area contributed by atoms with E-state index in [2.05, 4.69) is 12.2 Å². The van der Waals surface area contributed by atoms with Crippen molar-refractivity contribution in [2.75, 3.05) is 41.0 Å². The van der Waals surface area contributed by atoms with Crippen molar-refractivity contribution in [2.24, 2.45) is 0 Å². The second kappa shape index (κ2) is 17.0. The molecule has 3 aromatic rings. The van der Waals surface area contributed by atoms with Crippen molar-refractivity contribution in [1.29, 1.82) is 0 Å². The maximum absolute atomic E-state index is 14.0. The van der Waals surface area contributed by atoms with E-state index in [1.807, 2.05) is 78.9 Å². The molecule has 0 saturated carbocycles. The third-order valence-corrected chi connectivity index (χ3v) is 8.63. The predicted octanol–water partition coefficient (Wildman–Crippen LogP) is 6.10. The van der Waals surface area contributed by atoms with E-state index in [0.717, 1.165) is 29.5 Å². The summed E-state index contributed by atoms with van der Waals surface area (Å²) in [5.74, 6) is 1.01. The molecule has 1 N–H and O–H groups in total. The number of carbonyl (C=O) groups excluding carboxylic acids is 2. The molecule has 45 heavy (non-hydrogen) atoms. The molecule has 242 valence electrons. The fraction of sp³-hybridized carbons (Fsp3) is 0.459. The minimum atomic E-state index is -1.13. The SMILES string of the molecule is CCCCCCCCNC(=O)[C@@H]1C[C@@H](OC)CN1C(=O)COC(c1ccccc1)(c1ccc(OC)cc1)c1ccc(OC)cc1. The number of amides is 2. The Hall–Kier alpha value is -3.88. The number of hydrogen-bond donors (Lipinski definition) is 1. The van der Waals surface area contributed by atoms with Crippen LogP contribution in [0.1, 0.15) is 68.6 Å². The molecule has 1 aliphatic heterocycles. The van der Waals surface area contributed by atoms with E-state index in [9.17, 15) is 9.59 Å². The smallest absolute Gasteiger partial charge is 0.249 e. The standard InChI is InChI=1S/C37H48N2O6/c1-5-6-7-8-9-13-24-38-36(41)34-25-33(44-4)26-39(34)35(40)27-45-37(28-14-11-10-12-15-28,29-16-20-31(42-2)21-17-29)30-18-22-32(43-3)23-19-30/h10-12,14-23,33-34H,5-9,13,24-27H2,1-4H3,(H,38,41)/t33-,34+/m1/s1. The van der Waals surface area contributed by atoms with Gasteiger partial charge < -0.3 is 29.2 Å². The van der Waals surface area contributed by atoms with E-state index >= 15 is 0 Å². The zero-order chi connectivity index (χ0) is 32.1. The summed E-state index contributed by atoms with van der Waals surface area (Å²) >= 11 is 0. The minimum absolute atomic E-state index is 0.143. The maximum Gasteiger partial charge on any atom is 0.249 e. The Morgan fingerprint density at radius 1 is 0.778 bits per heavy atom. The molecule has 4 rings (SSSR count). The average Bonchev–Trinajstić information content (AvgIpc) is 3.54. The molecule has 2 amide bonds. The number of benzene rings is 3. The van der Waals surface area contributed by atoms with Crippen molar-refractivity contribution in [1.82, 2.24) is 10.2 Å². The fourth-order valence-electron chi connectivity index (χ4n) is 6.05. The number of methoxy groups -OCH3 is 3. The number of nitrogens with one attached hydrogen (secondary N) is 1. The van der Waals surface area contributed by atoms with Crippen molar-refractivity contribution in [3.8, 4) is 11.5 Å². The summed E-state index contributed by atoms with van der Waals surface area (Å²) in [5, 5.41) is 3.06. The van der Waals surface area contributed by atoms with Crippen molar-refractivity contribution in [3.63, 3.8) is 0 Å². The first-order chi connectivity index (χ1) is 22.0. The van der Waals surface area contributed by atoms with Gasteiger partial charge in [0.15, 0.2) is 0 Å². The molecule has 8 heteroatoms. The van der Waals surface area contributed by atoms with Gasteiger partial charge in [0, 0.05) is 26.6 Å². The highest BCUT2D eigenvalue weighted by Gasteiger charge is 2.42. The Morgan fingerprint density at radius 2 is 1.33 bits per heavy atom. The second-order valence-corrected chi connectivity index (χ2v) is 11.5. The molecular weight excluding hydrogens is 568 g/mol. The van der Waals surface area contributed by atoms with Gasteiger partial charge in [-0.05, 0) is 47.4 Å². The highest BCUT2D eigenvalue weighted by atomic mass is 16.5. The van der Waals surface area contributed by atoms with Crippen LogP contribution in [0.4, 0.5) is 0 Å². The van der Waals surface area contributed by atoms with E-state index in [4.69, 9.17) is 18.9 Å². The lowest BCUT2D eigenvalue weighted by Gasteiger charge is -2.36. The fourth-order valence-corrected chi connectivity index (χ4v) is 6.05. The van der Waals surface area contributed by atoms with Crippen molar-refractivity contribution < 1.29 is 28.5 Å². The molecule has 0 aliphatic carbocycles. The summed E-state index contributed by atoms with van der Waals surface area (Å²) in [6.07, 6.45) is 7.09. The number of ether oxygens (including phenoxy) is 4. The van der Waals surface area contributed by atoms with E-state index < -0.39 is 11.6 Å². The molecule has 0 aromatic heterocycles. The molecule has 0 bridgehead atoms. The minimum Gasteiger partial charge on any atom is -0.497 e. The lowest BCUT2D eigenvalue weighted by atomic mass is 9.80. The number of nitrogens with zero attached hydrogens (tertiary/aromatic N) is 1. The molecule has 2 atom stereocenters. The van der Waals surface area contributed by atoms with Gasteiger partial charge in [-0.2, -0.15) is 0 Å². The summed E-state index contributed by atoms with van der Waals surface area (Å²) in [7, 11) is 4.87. The van der Waals surface area contributed by atoms with Gasteiger partial charge in [0.25, 0.3) is 0 Å². The van der Waals surface area contributed by atoms with Gasteiger partial charge in [0.05, 0.1) is 20.3 Å². The monoisotopic (exact) mass is 616 g/mol. The van der Waals surface area contributed by atoms with Crippen molar-refractivity contribution in [2.45, 2.75) is 69.6 Å². The van der Waals surface area contributed by atoms with Crippen LogP contribution in [0.3, 0.4) is 0 Å². The third-order valence-electron chi connectivity index (χ3n) is 8.63. The van der Waals surface area contributed by atoms with Gasteiger partial charge in [-0.25, -0.2) is 0 Å². The van der Waals surface area contributed by atoms with Crippen LogP contribution in [0, 0.1) is 0 Å². The Bertz CT molecular complexity index is 1280. The molecule has 1 saturated heterocycles. The highest BCUT2D eigenvalue weighted by molar-refractivity contribution is 5.89. The molecule has 3 aromatic carbocycles. The molecule has 0 radical (unpaired) electrons. The molecule has 8 nitrogen and oxygen atoms in total. The molecule has 1 heterocycles. The predicted molar refractivity (Wildman–Crippen MR) is 176 cm³/mol. The molecule has 0 spiro atoms. The van der Waals surface area contributed by atoms with Crippen LogP contribution in [-0.2, 0) is 24.7 Å². The third kappa shape index (κ3) is 8.44. The average molecular weight is 617 g/mol. The van der Waals surface area contributed by atoms with E-state index in [0.29, 0.717) is 31.0 Å². The van der Waals surface area contributed by atoms with Gasteiger partial charge in [0.2, 0.25) is 11.8 Å². The molecule has 1 aliphatic rings. The normalized spacial score (nSPS) is 16.4. The summed E-state index contributed by atoms with van der Waals surface area (Å²) in [4.78, 5) is 28.9. The molecular formula is C37H48N2O6. The topological polar surface area (TPSA) is 86.3 Å². The van der Waals surface area contributed by atoms with Crippen LogP contribution in [0.5, 0.6) is 11.5 Å². The van der Waals surface area contributed by atoms with Crippen molar-refractivity contribution in [3.05, 3.63) is 95.6 Å². The first kappa shape index (κ1) is 34.0. The summed E-state index contributed by atoms with van der Waals surface area (Å²) in [6.45, 7) is 2.89. The number of hydrogen-bond acceptors (Lipinski definition) is 6. The zero-order valence-electron chi connectivity index (χ0n) is 27.1. The summed E-state index contributed by atoms with van der Waals surface area (Å²) in [6, 6.07) is 24.6. The van der Waals surface area contributed by atoms with Gasteiger partial charge in [0.1, 0.15) is 29.7 Å². The first-order valence-corrected chi connectivity index (χ1v) is 16.0. The second-order valence-electron chi connectivity index (χ2n) is 11.5. The van der Waals surface area contributed by atoms with Gasteiger partial charge >= 0.3 is 0 Å². The van der Waals surface area contributed by atoms with Crippen molar-refractivity contribution >= 4 is 11.8 Å². The number of unbranched alkanes of at least 4 members (excludes halogenated alkanes) is 5. The lowest BCUT2D eigenvalue weighted by Crippen LogP contribution is -2.48. The molecule has 1 fully saturated rings. The van der Waals surface area contributed by atoms with Gasteiger partial charge in [-0.3, -0.25) is 9.59 Å². The Morgan fingerprint density at radius 3 is 1.89 bits per heavy atom. The summed E-state index contributed by atoms with van der Waals surface area (Å²) in [5.41, 5.74) is 1.39. The van der Waals surface area contributed by atoms with Crippen LogP contribution in [-0.4, -0.2) is 69.9 Å². The van der Waals surface area contributed by atoms with Gasteiger partial charge in [-0.1, -0.05) is 93.6 Å². The summed E-state index contributed by atoms with van der Waals surface area (Å²) < 4.78 is 23.3. The first-order valence-electron chi connectivity index (χ1n) is 16.0. The Kier molecular flexibility index (Phi) is 12.8. The number of likely N-dealkylation sites (tertiary alicyclic amines) is 1. The lowest BCUT2D eigenvalue weighted by molar-refractivity contribution is -0.145. The quantitative estimate of drug-likeness (QED) is 0.146. The van der Waals surface area contributed by atoms with Crippen LogP contribution in [0.15, 0.2) is 78.9 Å². The van der Waals surface area contributed by atoms with Crippen LogP contribution >= 0.6 is 0 Å². The van der Waals surface area contributed by atoms with Crippen LogP contribution in [0.2, 0.25) is 0 Å². The largest absolute Gasteiger partial charge is 0.497 e. The van der Waals surface area contributed by atoms with E-state index in [-0.39, 0.29) is 24.5 Å². The van der Waals surface area contributed by atoms with Crippen LogP contribution in [0.25, 0.3) is 0 Å². The zero-order valence-corrected chi connectivity index (χ0v) is 27.1. The molecule has 0 unspecified atom stereocenters. The Balaban J connectivity index is 1.59. The highest BCUT2D eigenvalue weighted by Crippen LogP contribution is 2.41. The van der Waals surface area contributed by atoms with Crippen LogP contribution < -0.4 is 14.8 Å².